The summed E-state index contributed by atoms with van der Waals surface area (Å²) in [6.45, 7) is 4.53. The molecule has 1 atom stereocenters. The fraction of sp³-hybridized carbons (Fsp3) is 0.562. The maximum absolute atomic E-state index is 13.4. The zero-order valence-electron chi connectivity index (χ0n) is 12.6. The lowest BCUT2D eigenvalue weighted by atomic mass is 9.91. The normalized spacial score (nSPS) is 19.2. The van der Waals surface area contributed by atoms with Gasteiger partial charge in [0.15, 0.2) is 0 Å². The predicted molar refractivity (Wildman–Crippen MR) is 80.8 cm³/mol. The maximum Gasteiger partial charge on any atom is 0.125 e. The first-order valence-corrected chi connectivity index (χ1v) is 7.57. The first kappa shape index (κ1) is 14.5. The zero-order valence-corrected chi connectivity index (χ0v) is 12.6. The van der Waals surface area contributed by atoms with E-state index in [4.69, 9.17) is 0 Å². The van der Waals surface area contributed by atoms with Crippen LogP contribution in [0, 0.1) is 5.82 Å². The number of aromatic nitrogens is 2. The van der Waals surface area contributed by atoms with Gasteiger partial charge in [0.2, 0.25) is 0 Å². The monoisotopic (exact) mass is 291 g/mol. The number of halogens is 1. The molecule has 0 bridgehead atoms. The molecule has 5 heteroatoms. The SMILES string of the molecule is CC(O)CN1CCC(c2nn(C)c3cc(F)ccc23)CC1. The van der Waals surface area contributed by atoms with Crippen LogP contribution < -0.4 is 0 Å². The third-order valence-corrected chi connectivity index (χ3v) is 4.34. The lowest BCUT2D eigenvalue weighted by Gasteiger charge is -2.32. The minimum Gasteiger partial charge on any atom is -0.392 e. The molecule has 0 amide bonds. The molecule has 1 aliphatic heterocycles. The van der Waals surface area contributed by atoms with Gasteiger partial charge in [-0.2, -0.15) is 5.10 Å². The number of hydrogen-bond acceptors (Lipinski definition) is 3. The van der Waals surface area contributed by atoms with Gasteiger partial charge in [-0.1, -0.05) is 0 Å². The lowest BCUT2D eigenvalue weighted by Crippen LogP contribution is -2.37. The van der Waals surface area contributed by atoms with Crippen molar-refractivity contribution in [3.63, 3.8) is 0 Å². The zero-order chi connectivity index (χ0) is 15.0. The summed E-state index contributed by atoms with van der Waals surface area (Å²) in [7, 11) is 1.87. The van der Waals surface area contributed by atoms with Gasteiger partial charge in [0.1, 0.15) is 5.82 Å². The van der Waals surface area contributed by atoms with Gasteiger partial charge in [-0.25, -0.2) is 4.39 Å². The first-order chi connectivity index (χ1) is 10.0. The highest BCUT2D eigenvalue weighted by molar-refractivity contribution is 5.82. The van der Waals surface area contributed by atoms with E-state index in [1.54, 1.807) is 10.7 Å². The number of piperidine rings is 1. The summed E-state index contributed by atoms with van der Waals surface area (Å²) < 4.78 is 15.1. The quantitative estimate of drug-likeness (QED) is 0.943. The molecule has 2 heterocycles. The molecule has 1 unspecified atom stereocenters. The smallest absolute Gasteiger partial charge is 0.125 e. The molecule has 1 aliphatic rings. The molecule has 21 heavy (non-hydrogen) atoms. The van der Waals surface area contributed by atoms with Gasteiger partial charge in [-0.15, -0.1) is 0 Å². The minimum absolute atomic E-state index is 0.219. The second-order valence-electron chi connectivity index (χ2n) is 6.09. The first-order valence-electron chi connectivity index (χ1n) is 7.57. The molecule has 0 saturated carbocycles. The molecule has 1 aromatic carbocycles. The van der Waals surface area contributed by atoms with Crippen LogP contribution in [-0.4, -0.2) is 45.5 Å². The predicted octanol–water partition coefficient (Wildman–Crippen LogP) is 2.27. The summed E-state index contributed by atoms with van der Waals surface area (Å²) in [5.74, 6) is 0.202. The molecule has 0 aliphatic carbocycles. The van der Waals surface area contributed by atoms with Crippen LogP contribution in [0.5, 0.6) is 0 Å². The summed E-state index contributed by atoms with van der Waals surface area (Å²) in [6, 6.07) is 4.90. The fourth-order valence-corrected chi connectivity index (χ4v) is 3.32. The Kier molecular flexibility index (Phi) is 3.95. The van der Waals surface area contributed by atoms with Gasteiger partial charge >= 0.3 is 0 Å². The Labute approximate surface area is 124 Å². The van der Waals surface area contributed by atoms with Crippen molar-refractivity contribution in [1.29, 1.82) is 0 Å². The summed E-state index contributed by atoms with van der Waals surface area (Å²) in [5, 5.41) is 15.2. The molecule has 1 aromatic heterocycles. The summed E-state index contributed by atoms with van der Waals surface area (Å²) in [4.78, 5) is 2.30. The van der Waals surface area contributed by atoms with E-state index >= 15 is 0 Å². The highest BCUT2D eigenvalue weighted by Crippen LogP contribution is 2.32. The Morgan fingerprint density at radius 2 is 2.10 bits per heavy atom. The molecule has 4 nitrogen and oxygen atoms in total. The molecule has 1 fully saturated rings. The minimum atomic E-state index is -0.278. The number of fused-ring (bicyclic) bond motifs is 1. The van der Waals surface area contributed by atoms with Gasteiger partial charge < -0.3 is 10.0 Å². The second-order valence-corrected chi connectivity index (χ2v) is 6.09. The molecule has 114 valence electrons. The molecule has 0 radical (unpaired) electrons. The number of likely N-dealkylation sites (tertiary alicyclic amines) is 1. The van der Waals surface area contributed by atoms with Crippen LogP contribution in [0.2, 0.25) is 0 Å². The topological polar surface area (TPSA) is 41.3 Å². The average Bonchev–Trinajstić information content (AvgIpc) is 2.76. The van der Waals surface area contributed by atoms with Crippen molar-refractivity contribution in [3.05, 3.63) is 29.7 Å². The van der Waals surface area contributed by atoms with Crippen molar-refractivity contribution in [1.82, 2.24) is 14.7 Å². The molecule has 1 N–H and O–H groups in total. The van der Waals surface area contributed by atoms with Crippen LogP contribution in [0.4, 0.5) is 4.39 Å². The standard InChI is InChI=1S/C16H22FN3O/c1-11(21)10-20-7-5-12(6-8-20)16-14-4-3-13(17)9-15(14)19(2)18-16/h3-4,9,11-12,21H,5-8,10H2,1-2H3. The summed E-state index contributed by atoms with van der Waals surface area (Å²) in [5.41, 5.74) is 1.95. The fourth-order valence-electron chi connectivity index (χ4n) is 3.32. The van der Waals surface area contributed by atoms with Crippen molar-refractivity contribution in [2.75, 3.05) is 19.6 Å². The van der Waals surface area contributed by atoms with Gasteiger partial charge in [0.25, 0.3) is 0 Å². The van der Waals surface area contributed by atoms with Crippen molar-refractivity contribution in [2.24, 2.45) is 7.05 Å². The van der Waals surface area contributed by atoms with E-state index in [1.165, 1.54) is 6.07 Å². The average molecular weight is 291 g/mol. The van der Waals surface area contributed by atoms with Crippen LogP contribution in [0.15, 0.2) is 18.2 Å². The molecule has 2 aromatic rings. The Balaban J connectivity index is 1.80. The number of β-amino-alcohol motifs (C(OH)–C–C–N with tert-alkyl or cyclic N) is 1. The number of aryl methyl sites for hydroxylation is 1. The number of nitrogens with zero attached hydrogens (tertiary/aromatic N) is 3. The van der Waals surface area contributed by atoms with Crippen molar-refractivity contribution in [3.8, 4) is 0 Å². The van der Waals surface area contributed by atoms with Gasteiger partial charge in [-0.05, 0) is 51.1 Å². The molecule has 1 saturated heterocycles. The number of aliphatic hydroxyl groups is 1. The van der Waals surface area contributed by atoms with E-state index in [0.717, 1.165) is 49.1 Å². The number of aliphatic hydroxyl groups excluding tert-OH is 1. The van der Waals surface area contributed by atoms with Crippen LogP contribution >= 0.6 is 0 Å². The Bertz CT molecular complexity index is 630. The van der Waals surface area contributed by atoms with Crippen molar-refractivity contribution < 1.29 is 9.50 Å². The lowest BCUT2D eigenvalue weighted by molar-refractivity contribution is 0.109. The van der Waals surface area contributed by atoms with E-state index in [9.17, 15) is 9.50 Å². The molecule has 3 rings (SSSR count). The van der Waals surface area contributed by atoms with Crippen molar-refractivity contribution in [2.45, 2.75) is 31.8 Å². The molecular weight excluding hydrogens is 269 g/mol. The van der Waals surface area contributed by atoms with E-state index in [1.807, 2.05) is 20.0 Å². The third-order valence-electron chi connectivity index (χ3n) is 4.34. The number of hydrogen-bond donors (Lipinski definition) is 1. The van der Waals surface area contributed by atoms with Crippen LogP contribution in [-0.2, 0) is 7.05 Å². The van der Waals surface area contributed by atoms with E-state index < -0.39 is 0 Å². The Hall–Kier alpha value is -1.46. The largest absolute Gasteiger partial charge is 0.392 e. The third kappa shape index (κ3) is 2.94. The van der Waals surface area contributed by atoms with Crippen LogP contribution in [0.1, 0.15) is 31.4 Å². The molecular formula is C16H22FN3O. The Morgan fingerprint density at radius 1 is 1.38 bits per heavy atom. The molecule has 0 spiro atoms. The number of rotatable bonds is 3. The second kappa shape index (κ2) is 5.73. The summed E-state index contributed by atoms with van der Waals surface area (Å²) >= 11 is 0. The van der Waals surface area contributed by atoms with E-state index in [2.05, 4.69) is 10.00 Å². The highest BCUT2D eigenvalue weighted by atomic mass is 19.1. The van der Waals surface area contributed by atoms with Crippen molar-refractivity contribution >= 4 is 10.9 Å². The van der Waals surface area contributed by atoms with Crippen LogP contribution in [0.25, 0.3) is 10.9 Å². The van der Waals surface area contributed by atoms with E-state index in [-0.39, 0.29) is 11.9 Å². The summed E-state index contributed by atoms with van der Waals surface area (Å²) in [6.07, 6.45) is 1.80. The Morgan fingerprint density at radius 3 is 2.76 bits per heavy atom. The van der Waals surface area contributed by atoms with Crippen LogP contribution in [0.3, 0.4) is 0 Å². The van der Waals surface area contributed by atoms with Gasteiger partial charge in [0, 0.05) is 24.9 Å². The number of benzene rings is 1. The van der Waals surface area contributed by atoms with Gasteiger partial charge in [-0.3, -0.25) is 4.68 Å². The maximum atomic E-state index is 13.4. The van der Waals surface area contributed by atoms with Gasteiger partial charge in [0.05, 0.1) is 17.3 Å². The highest BCUT2D eigenvalue weighted by Gasteiger charge is 2.25. The van der Waals surface area contributed by atoms with E-state index in [0.29, 0.717) is 5.92 Å².